The van der Waals surface area contributed by atoms with Crippen LogP contribution in [0.4, 0.5) is 0 Å². The van der Waals surface area contributed by atoms with E-state index in [2.05, 4.69) is 13.8 Å². The average molecular weight is 214 g/mol. The molecule has 0 saturated heterocycles. The fraction of sp³-hybridized carbons (Fsp3) is 0.923. The Morgan fingerprint density at radius 2 is 1.53 bits per heavy atom. The Kier molecular flexibility index (Phi) is 8.68. The molecule has 0 N–H and O–H groups in total. The lowest BCUT2D eigenvalue weighted by Gasteiger charge is -2.22. The van der Waals surface area contributed by atoms with Gasteiger partial charge in [-0.1, -0.05) is 32.1 Å². The van der Waals surface area contributed by atoms with E-state index in [1.807, 2.05) is 0 Å². The van der Waals surface area contributed by atoms with Crippen molar-refractivity contribution >= 4 is 6.29 Å². The summed E-state index contributed by atoms with van der Waals surface area (Å²) in [6.07, 6.45) is 10.2. The van der Waals surface area contributed by atoms with E-state index >= 15 is 0 Å². The Morgan fingerprint density at radius 3 is 2.07 bits per heavy atom. The summed E-state index contributed by atoms with van der Waals surface area (Å²) in [5, 5.41) is 0. The highest BCUT2D eigenvalue weighted by molar-refractivity contribution is 5.48. The maximum Gasteiger partial charge on any atom is 0.119 e. The van der Waals surface area contributed by atoms with Gasteiger partial charge in [0, 0.05) is 13.5 Å². The Hall–Kier alpha value is -0.370. The third kappa shape index (κ3) is 9.92. The molecule has 0 aromatic carbocycles. The van der Waals surface area contributed by atoms with Crippen LogP contribution in [0.15, 0.2) is 0 Å². The SMILES string of the molecule is COC(C)(C)CCCCCCCCC=O. The maximum atomic E-state index is 10.1. The molecule has 0 aliphatic carbocycles. The number of hydrogen-bond acceptors (Lipinski definition) is 2. The van der Waals surface area contributed by atoms with Gasteiger partial charge in [-0.2, -0.15) is 0 Å². The molecule has 90 valence electrons. The summed E-state index contributed by atoms with van der Waals surface area (Å²) >= 11 is 0. The van der Waals surface area contributed by atoms with Gasteiger partial charge in [-0.15, -0.1) is 0 Å². The topological polar surface area (TPSA) is 26.3 Å². The second kappa shape index (κ2) is 8.90. The molecule has 0 heterocycles. The number of methoxy groups -OCH3 is 1. The Labute approximate surface area is 94.4 Å². The number of ether oxygens (including phenoxy) is 1. The molecule has 0 aromatic rings. The molecule has 0 radical (unpaired) electrons. The molecule has 0 fully saturated rings. The highest BCUT2D eigenvalue weighted by atomic mass is 16.5. The molecule has 0 saturated carbocycles. The van der Waals surface area contributed by atoms with Crippen LogP contribution in [0.25, 0.3) is 0 Å². The van der Waals surface area contributed by atoms with Gasteiger partial charge in [-0.3, -0.25) is 0 Å². The Bertz CT molecular complexity index is 153. The first-order chi connectivity index (χ1) is 7.12. The lowest BCUT2D eigenvalue weighted by atomic mass is 9.99. The lowest BCUT2D eigenvalue weighted by Crippen LogP contribution is -2.21. The molecular formula is C13H26O2. The van der Waals surface area contributed by atoms with Crippen molar-refractivity contribution in [2.24, 2.45) is 0 Å². The number of carbonyl (C=O) groups is 1. The van der Waals surface area contributed by atoms with Gasteiger partial charge in [0.25, 0.3) is 0 Å². The van der Waals surface area contributed by atoms with Gasteiger partial charge in [0.2, 0.25) is 0 Å². The van der Waals surface area contributed by atoms with Crippen LogP contribution >= 0.6 is 0 Å². The molecule has 0 rings (SSSR count). The van der Waals surface area contributed by atoms with Crippen LogP contribution in [0.3, 0.4) is 0 Å². The second-order valence-corrected chi connectivity index (χ2v) is 4.79. The first kappa shape index (κ1) is 14.6. The van der Waals surface area contributed by atoms with E-state index < -0.39 is 0 Å². The summed E-state index contributed by atoms with van der Waals surface area (Å²) in [6.45, 7) is 4.27. The molecule has 0 spiro atoms. The first-order valence-electron chi connectivity index (χ1n) is 6.11. The van der Waals surface area contributed by atoms with E-state index in [0.717, 1.165) is 25.5 Å². The van der Waals surface area contributed by atoms with Crippen LogP contribution in [-0.2, 0) is 9.53 Å². The van der Waals surface area contributed by atoms with E-state index in [0.29, 0.717) is 0 Å². The smallest absolute Gasteiger partial charge is 0.119 e. The minimum Gasteiger partial charge on any atom is -0.379 e. The molecule has 0 aromatic heterocycles. The van der Waals surface area contributed by atoms with E-state index in [1.165, 1.54) is 32.1 Å². The fourth-order valence-corrected chi connectivity index (χ4v) is 1.59. The van der Waals surface area contributed by atoms with E-state index in [1.54, 1.807) is 7.11 Å². The van der Waals surface area contributed by atoms with Crippen LogP contribution < -0.4 is 0 Å². The van der Waals surface area contributed by atoms with E-state index in [4.69, 9.17) is 4.74 Å². The third-order valence-corrected chi connectivity index (χ3v) is 2.90. The van der Waals surface area contributed by atoms with Crippen LogP contribution in [0.5, 0.6) is 0 Å². The number of unbranched alkanes of at least 4 members (excludes halogenated alkanes) is 6. The van der Waals surface area contributed by atoms with Crippen molar-refractivity contribution in [1.82, 2.24) is 0 Å². The molecule has 15 heavy (non-hydrogen) atoms. The number of hydrogen-bond donors (Lipinski definition) is 0. The summed E-state index contributed by atoms with van der Waals surface area (Å²) in [6, 6.07) is 0. The zero-order valence-corrected chi connectivity index (χ0v) is 10.6. The van der Waals surface area contributed by atoms with Crippen LogP contribution in [0.1, 0.15) is 65.2 Å². The Balaban J connectivity index is 3.14. The van der Waals surface area contributed by atoms with E-state index in [-0.39, 0.29) is 5.60 Å². The van der Waals surface area contributed by atoms with Gasteiger partial charge in [0.1, 0.15) is 6.29 Å². The van der Waals surface area contributed by atoms with Crippen LogP contribution in [0.2, 0.25) is 0 Å². The molecule has 0 aliphatic heterocycles. The highest BCUT2D eigenvalue weighted by Gasteiger charge is 2.14. The second-order valence-electron chi connectivity index (χ2n) is 4.79. The fourth-order valence-electron chi connectivity index (χ4n) is 1.59. The summed E-state index contributed by atoms with van der Waals surface area (Å²) in [7, 11) is 1.78. The van der Waals surface area contributed by atoms with Crippen molar-refractivity contribution in [3.63, 3.8) is 0 Å². The van der Waals surface area contributed by atoms with E-state index in [9.17, 15) is 4.79 Å². The van der Waals surface area contributed by atoms with Gasteiger partial charge in [0.15, 0.2) is 0 Å². The zero-order chi connectivity index (χ0) is 11.6. The lowest BCUT2D eigenvalue weighted by molar-refractivity contribution is -0.107. The van der Waals surface area contributed by atoms with Crippen molar-refractivity contribution in [1.29, 1.82) is 0 Å². The van der Waals surface area contributed by atoms with Gasteiger partial charge in [0.05, 0.1) is 5.60 Å². The minimum absolute atomic E-state index is 0.0392. The summed E-state index contributed by atoms with van der Waals surface area (Å²) in [5.74, 6) is 0. The zero-order valence-electron chi connectivity index (χ0n) is 10.6. The maximum absolute atomic E-state index is 10.1. The minimum atomic E-state index is 0.0392. The number of rotatable bonds is 10. The third-order valence-electron chi connectivity index (χ3n) is 2.90. The molecule has 0 atom stereocenters. The molecule has 0 aliphatic rings. The van der Waals surface area contributed by atoms with Crippen molar-refractivity contribution < 1.29 is 9.53 Å². The van der Waals surface area contributed by atoms with Crippen molar-refractivity contribution in [3.05, 3.63) is 0 Å². The van der Waals surface area contributed by atoms with Crippen LogP contribution in [0, 0.1) is 0 Å². The highest BCUT2D eigenvalue weighted by Crippen LogP contribution is 2.18. The predicted octanol–water partition coefficient (Wildman–Crippen LogP) is 3.73. The standard InChI is InChI=1S/C13H26O2/c1-13(2,15-3)11-9-7-5-4-6-8-10-12-14/h12H,4-11H2,1-3H3. The van der Waals surface area contributed by atoms with Crippen LogP contribution in [-0.4, -0.2) is 19.0 Å². The van der Waals surface area contributed by atoms with Gasteiger partial charge >= 0.3 is 0 Å². The molecule has 0 unspecified atom stereocenters. The Morgan fingerprint density at radius 1 is 1.00 bits per heavy atom. The molecule has 2 heteroatoms. The number of aldehydes is 1. The predicted molar refractivity (Wildman–Crippen MR) is 64.1 cm³/mol. The molecule has 0 amide bonds. The van der Waals surface area contributed by atoms with Crippen molar-refractivity contribution in [2.75, 3.05) is 7.11 Å². The van der Waals surface area contributed by atoms with Gasteiger partial charge in [-0.25, -0.2) is 0 Å². The number of carbonyl (C=O) groups excluding carboxylic acids is 1. The summed E-state index contributed by atoms with van der Waals surface area (Å²) < 4.78 is 5.36. The van der Waals surface area contributed by atoms with Gasteiger partial charge < -0.3 is 9.53 Å². The molecular weight excluding hydrogens is 188 g/mol. The summed E-state index contributed by atoms with van der Waals surface area (Å²) in [5.41, 5.74) is 0.0392. The quantitative estimate of drug-likeness (QED) is 0.409. The largest absolute Gasteiger partial charge is 0.379 e. The van der Waals surface area contributed by atoms with Gasteiger partial charge in [-0.05, 0) is 26.7 Å². The monoisotopic (exact) mass is 214 g/mol. The summed E-state index contributed by atoms with van der Waals surface area (Å²) in [4.78, 5) is 10.1. The van der Waals surface area contributed by atoms with Crippen molar-refractivity contribution in [2.45, 2.75) is 70.8 Å². The normalized spacial score (nSPS) is 11.7. The average Bonchev–Trinajstić information content (AvgIpc) is 2.22. The van der Waals surface area contributed by atoms with Crippen molar-refractivity contribution in [3.8, 4) is 0 Å². The molecule has 2 nitrogen and oxygen atoms in total. The molecule has 0 bridgehead atoms. The first-order valence-corrected chi connectivity index (χ1v) is 6.11.